The Balaban J connectivity index is 1.40. The number of para-hydroxylation sites is 2. The van der Waals surface area contributed by atoms with Gasteiger partial charge < -0.3 is 9.47 Å². The second-order valence-electron chi connectivity index (χ2n) is 12.8. The fraction of sp³-hybridized carbons (Fsp3) is 0.0455. The molecule has 0 saturated carbocycles. The van der Waals surface area contributed by atoms with Crippen molar-refractivity contribution >= 4 is 48.7 Å². The van der Waals surface area contributed by atoms with Gasteiger partial charge in [0.1, 0.15) is 0 Å². The Morgan fingerprint density at radius 3 is 1.82 bits per heavy atom. The van der Waals surface area contributed by atoms with E-state index >= 15 is 0 Å². The Bertz CT molecular complexity index is 2630. The van der Waals surface area contributed by atoms with Crippen LogP contribution in [0.3, 0.4) is 0 Å². The zero-order valence-electron chi connectivity index (χ0n) is 27.1. The van der Waals surface area contributed by atoms with E-state index < -0.39 is 9.84 Å². The Hall–Kier alpha value is -5.91. The van der Waals surface area contributed by atoms with Gasteiger partial charge in [0.25, 0.3) is 0 Å². The van der Waals surface area contributed by atoms with Crippen LogP contribution in [0.2, 0.25) is 0 Å². The standard InChI is InChI=1S/C44H32N2O2S/c1-29-16-21-33(22-17-29)45(34-23-18-30(2)19-24-34)41-28-42-38(35-12-6-8-14-40(35)46(42)32-10-4-3-5-11-32)27-37(41)31-20-25-44-39(26-31)36-13-7-9-15-43(36)49(44,47)48/h3-28H,1-2H3. The molecule has 2 heterocycles. The molecule has 0 radical (unpaired) electrons. The maximum atomic E-state index is 13.6. The van der Waals surface area contributed by atoms with Crippen molar-refractivity contribution in [1.29, 1.82) is 0 Å². The first-order valence-electron chi connectivity index (χ1n) is 16.4. The van der Waals surface area contributed by atoms with Gasteiger partial charge in [-0.1, -0.05) is 96.1 Å². The molecule has 7 aromatic carbocycles. The van der Waals surface area contributed by atoms with Gasteiger partial charge in [-0.05, 0) is 92.2 Å². The number of hydrogen-bond donors (Lipinski definition) is 0. The van der Waals surface area contributed by atoms with Crippen LogP contribution in [0.4, 0.5) is 17.1 Å². The van der Waals surface area contributed by atoms with Gasteiger partial charge in [-0.2, -0.15) is 0 Å². The Kier molecular flexibility index (Phi) is 6.61. The highest BCUT2D eigenvalue weighted by molar-refractivity contribution is 7.92. The number of sulfone groups is 1. The van der Waals surface area contributed by atoms with Crippen molar-refractivity contribution in [2.24, 2.45) is 0 Å². The van der Waals surface area contributed by atoms with E-state index in [1.165, 1.54) is 11.1 Å². The molecule has 8 aromatic rings. The van der Waals surface area contributed by atoms with Crippen molar-refractivity contribution in [2.75, 3.05) is 4.90 Å². The fourth-order valence-corrected chi connectivity index (χ4v) is 8.94. The summed E-state index contributed by atoms with van der Waals surface area (Å²) in [5.74, 6) is 0. The summed E-state index contributed by atoms with van der Waals surface area (Å²) in [6, 6.07) is 54.0. The summed E-state index contributed by atoms with van der Waals surface area (Å²) >= 11 is 0. The van der Waals surface area contributed by atoms with Crippen molar-refractivity contribution in [3.8, 4) is 27.9 Å². The van der Waals surface area contributed by atoms with Crippen LogP contribution in [0.1, 0.15) is 11.1 Å². The number of nitrogens with zero attached hydrogens (tertiary/aromatic N) is 2. The maximum Gasteiger partial charge on any atom is 0.207 e. The molecular formula is C44H32N2O2S. The molecule has 0 atom stereocenters. The lowest BCUT2D eigenvalue weighted by molar-refractivity contribution is 0.598. The monoisotopic (exact) mass is 652 g/mol. The lowest BCUT2D eigenvalue weighted by atomic mass is 9.95. The molecule has 5 heteroatoms. The van der Waals surface area contributed by atoms with Crippen molar-refractivity contribution < 1.29 is 8.42 Å². The van der Waals surface area contributed by atoms with Crippen LogP contribution >= 0.6 is 0 Å². The van der Waals surface area contributed by atoms with Crippen LogP contribution in [0.15, 0.2) is 168 Å². The summed E-state index contributed by atoms with van der Waals surface area (Å²) in [7, 11) is -3.59. The highest BCUT2D eigenvalue weighted by Crippen LogP contribution is 2.49. The minimum atomic E-state index is -3.59. The second-order valence-corrected chi connectivity index (χ2v) is 14.7. The van der Waals surface area contributed by atoms with E-state index in [2.05, 4.69) is 139 Å². The number of aryl methyl sites for hydroxylation is 2. The minimum Gasteiger partial charge on any atom is -0.310 e. The van der Waals surface area contributed by atoms with Crippen LogP contribution < -0.4 is 4.90 Å². The third-order valence-corrected chi connectivity index (χ3v) is 11.5. The van der Waals surface area contributed by atoms with Crippen molar-refractivity contribution in [3.05, 3.63) is 169 Å². The molecule has 9 rings (SSSR count). The fourth-order valence-electron chi connectivity index (χ4n) is 7.27. The molecule has 0 fully saturated rings. The summed E-state index contributed by atoms with van der Waals surface area (Å²) in [6.07, 6.45) is 0. The predicted octanol–water partition coefficient (Wildman–Crippen LogP) is 11.4. The van der Waals surface area contributed by atoms with Gasteiger partial charge in [0.2, 0.25) is 9.84 Å². The number of anilines is 3. The van der Waals surface area contributed by atoms with Crippen LogP contribution in [0, 0.1) is 13.8 Å². The lowest BCUT2D eigenvalue weighted by Crippen LogP contribution is -2.11. The lowest BCUT2D eigenvalue weighted by Gasteiger charge is -2.28. The van der Waals surface area contributed by atoms with Crippen molar-refractivity contribution in [3.63, 3.8) is 0 Å². The number of rotatable bonds is 5. The second kappa shape index (κ2) is 11.1. The Morgan fingerprint density at radius 2 is 1.10 bits per heavy atom. The molecule has 236 valence electrons. The van der Waals surface area contributed by atoms with Crippen molar-refractivity contribution in [2.45, 2.75) is 23.6 Å². The number of aromatic nitrogens is 1. The first kappa shape index (κ1) is 29.2. The van der Waals surface area contributed by atoms with Gasteiger partial charge >= 0.3 is 0 Å². The maximum absolute atomic E-state index is 13.6. The molecule has 0 unspecified atom stereocenters. The van der Waals surface area contributed by atoms with E-state index in [4.69, 9.17) is 0 Å². The van der Waals surface area contributed by atoms with Crippen LogP contribution in [-0.2, 0) is 9.84 Å². The van der Waals surface area contributed by atoms with Gasteiger partial charge in [0.05, 0.1) is 26.5 Å². The average Bonchev–Trinajstić information content (AvgIpc) is 3.58. The quantitative estimate of drug-likeness (QED) is 0.186. The van der Waals surface area contributed by atoms with E-state index in [-0.39, 0.29) is 0 Å². The van der Waals surface area contributed by atoms with Gasteiger partial charge in [-0.25, -0.2) is 8.42 Å². The summed E-state index contributed by atoms with van der Waals surface area (Å²) in [6.45, 7) is 4.21. The van der Waals surface area contributed by atoms with E-state index in [1.807, 2.05) is 24.3 Å². The predicted molar refractivity (Wildman–Crippen MR) is 201 cm³/mol. The highest BCUT2D eigenvalue weighted by Gasteiger charge is 2.33. The van der Waals surface area contributed by atoms with Gasteiger partial charge in [-0.3, -0.25) is 0 Å². The first-order valence-corrected chi connectivity index (χ1v) is 17.9. The molecule has 0 aliphatic carbocycles. The Morgan fingerprint density at radius 1 is 0.490 bits per heavy atom. The van der Waals surface area contributed by atoms with E-state index in [9.17, 15) is 8.42 Å². The van der Waals surface area contributed by atoms with Crippen LogP contribution in [0.5, 0.6) is 0 Å². The molecule has 49 heavy (non-hydrogen) atoms. The molecule has 0 saturated heterocycles. The average molecular weight is 653 g/mol. The van der Waals surface area contributed by atoms with E-state index in [1.54, 1.807) is 18.2 Å². The normalized spacial score (nSPS) is 13.0. The number of benzene rings is 7. The third-order valence-electron chi connectivity index (χ3n) is 9.68. The smallest absolute Gasteiger partial charge is 0.207 e. The molecule has 4 nitrogen and oxygen atoms in total. The summed E-state index contributed by atoms with van der Waals surface area (Å²) < 4.78 is 29.5. The van der Waals surface area contributed by atoms with E-state index in [0.29, 0.717) is 9.79 Å². The van der Waals surface area contributed by atoms with Gasteiger partial charge in [0, 0.05) is 44.5 Å². The molecule has 0 spiro atoms. The molecule has 0 amide bonds. The molecule has 1 aliphatic rings. The topological polar surface area (TPSA) is 42.3 Å². The Labute approximate surface area is 286 Å². The van der Waals surface area contributed by atoms with Gasteiger partial charge in [-0.15, -0.1) is 0 Å². The first-order chi connectivity index (χ1) is 23.9. The van der Waals surface area contributed by atoms with Crippen molar-refractivity contribution in [1.82, 2.24) is 4.57 Å². The minimum absolute atomic E-state index is 0.356. The summed E-state index contributed by atoms with van der Waals surface area (Å²) in [5.41, 5.74) is 12.2. The van der Waals surface area contributed by atoms with Gasteiger partial charge in [0.15, 0.2) is 0 Å². The summed E-state index contributed by atoms with van der Waals surface area (Å²) in [4.78, 5) is 3.04. The molecule has 0 N–H and O–H groups in total. The zero-order valence-corrected chi connectivity index (χ0v) is 27.9. The van der Waals surface area contributed by atoms with Crippen LogP contribution in [-0.4, -0.2) is 13.0 Å². The SMILES string of the molecule is Cc1ccc(N(c2ccc(C)cc2)c2cc3c(cc2-c2ccc4c(c2)-c2ccccc2S4(=O)=O)c2ccccc2n3-c2ccccc2)cc1. The zero-order chi connectivity index (χ0) is 33.3. The van der Waals surface area contributed by atoms with Crippen LogP contribution in [0.25, 0.3) is 49.7 Å². The largest absolute Gasteiger partial charge is 0.310 e. The highest BCUT2D eigenvalue weighted by atomic mass is 32.2. The van der Waals surface area contributed by atoms with E-state index in [0.717, 1.165) is 66.8 Å². The molecular weight excluding hydrogens is 621 g/mol. The summed E-state index contributed by atoms with van der Waals surface area (Å²) in [5, 5.41) is 2.28. The molecule has 1 aromatic heterocycles. The molecule has 0 bridgehead atoms. The number of fused-ring (bicyclic) bond motifs is 6. The molecule has 1 aliphatic heterocycles. The third kappa shape index (κ3) is 4.61. The number of hydrogen-bond acceptors (Lipinski definition) is 3.